The van der Waals surface area contributed by atoms with Gasteiger partial charge in [-0.1, -0.05) is 0 Å². The fraction of sp³-hybridized carbons (Fsp3) is 0.386. The van der Waals surface area contributed by atoms with Gasteiger partial charge in [-0.25, -0.2) is 0 Å². The summed E-state index contributed by atoms with van der Waals surface area (Å²) in [5.74, 6) is -0.653. The van der Waals surface area contributed by atoms with E-state index in [1.165, 1.54) is 0 Å². The molecule has 1 saturated carbocycles. The minimum Gasteiger partial charge on any atom is -0.494 e. The summed E-state index contributed by atoms with van der Waals surface area (Å²) in [7, 11) is 0. The quantitative estimate of drug-likeness (QED) is 0.152. The number of aromatic nitrogens is 1. The summed E-state index contributed by atoms with van der Waals surface area (Å²) in [5.41, 5.74) is 3.20. The van der Waals surface area contributed by atoms with Gasteiger partial charge >= 0.3 is 0 Å². The minimum absolute atomic E-state index is 0.0281. The molecular weight excluding hydrogens is 739 g/mol. The zero-order valence-corrected chi connectivity index (χ0v) is 32.2. The van der Waals surface area contributed by atoms with E-state index in [2.05, 4.69) is 31.5 Å². The number of pyridine rings is 1. The molecule has 0 radical (unpaired) electrons. The van der Waals surface area contributed by atoms with Gasteiger partial charge < -0.3 is 19.7 Å². The van der Waals surface area contributed by atoms with Crippen LogP contribution in [0.3, 0.4) is 0 Å². The summed E-state index contributed by atoms with van der Waals surface area (Å²) >= 11 is 0. The Bertz CT molecular complexity index is 2270. The number of piperidine rings is 1. The number of hydrogen-bond donors (Lipinski definition) is 2. The number of piperazine rings is 1. The lowest BCUT2D eigenvalue weighted by atomic mass is 9.92. The molecule has 2 saturated heterocycles. The van der Waals surface area contributed by atoms with Gasteiger partial charge in [0, 0.05) is 61.5 Å². The second kappa shape index (κ2) is 17.0. The maximum Gasteiger partial charge on any atom is 0.262 e. The van der Waals surface area contributed by atoms with Crippen LogP contribution in [0.25, 0.3) is 10.9 Å². The highest BCUT2D eigenvalue weighted by molar-refractivity contribution is 6.23. The molecule has 298 valence electrons. The monoisotopic (exact) mass is 783 g/mol. The molecule has 3 aliphatic heterocycles. The number of anilines is 1. The van der Waals surface area contributed by atoms with Crippen molar-refractivity contribution in [3.8, 4) is 17.6 Å². The molecule has 1 aromatic heterocycles. The van der Waals surface area contributed by atoms with E-state index in [9.17, 15) is 29.2 Å². The van der Waals surface area contributed by atoms with Crippen LogP contribution in [-0.2, 0) is 9.59 Å². The molecule has 14 nitrogen and oxygen atoms in total. The lowest BCUT2D eigenvalue weighted by Gasteiger charge is -2.36. The molecule has 14 heteroatoms. The zero-order valence-electron chi connectivity index (χ0n) is 32.2. The van der Waals surface area contributed by atoms with Gasteiger partial charge in [0.25, 0.3) is 17.7 Å². The van der Waals surface area contributed by atoms with Crippen molar-refractivity contribution in [2.24, 2.45) is 0 Å². The first-order chi connectivity index (χ1) is 28.2. The van der Waals surface area contributed by atoms with Gasteiger partial charge in [-0.05, 0) is 118 Å². The Morgan fingerprint density at radius 1 is 0.879 bits per heavy atom. The molecule has 2 N–H and O–H groups in total. The maximum absolute atomic E-state index is 13.3. The van der Waals surface area contributed by atoms with Crippen LogP contribution in [0.15, 0.2) is 72.9 Å². The van der Waals surface area contributed by atoms with Gasteiger partial charge in [0.15, 0.2) is 0 Å². The molecule has 8 rings (SSSR count). The number of nitrogens with one attached hydrogen (secondary N) is 2. The number of nitriles is 1. The zero-order chi connectivity index (χ0) is 40.2. The number of ether oxygens (including phenoxy) is 2. The molecular formula is C44H45N7O7. The standard InChI is InChI=1S/C44H45N7O7/c45-27-29-7-17-38(35-4-3-19-46-40(29)35)58-33-13-8-30(9-14-33)47-41(53)28-5-11-32(12-6-28)57-25-2-1-20-49-21-23-50(24-22-49)31-10-15-34-36(26-31)44(56)51(43(34)55)37-16-18-39(52)48-42(37)54/h3-7,10-12,15,17,19,26,30,33,37H,1-2,8-9,13-14,16,18,20-25H2,(H,47,53)(H,48,52,54)/t30-,33-,37?. The van der Waals surface area contributed by atoms with Gasteiger partial charge in [-0.2, -0.15) is 5.26 Å². The van der Waals surface area contributed by atoms with Gasteiger partial charge in [0.2, 0.25) is 11.8 Å². The van der Waals surface area contributed by atoms with E-state index in [1.807, 2.05) is 36.4 Å². The lowest BCUT2D eigenvalue weighted by Crippen LogP contribution is -2.54. The van der Waals surface area contributed by atoms with Gasteiger partial charge in [0.05, 0.1) is 34.9 Å². The van der Waals surface area contributed by atoms with Crippen LogP contribution >= 0.6 is 0 Å². The van der Waals surface area contributed by atoms with Crippen LogP contribution in [0.5, 0.6) is 11.5 Å². The van der Waals surface area contributed by atoms with Crippen molar-refractivity contribution >= 4 is 46.1 Å². The second-order valence-electron chi connectivity index (χ2n) is 15.3. The van der Waals surface area contributed by atoms with Gasteiger partial charge in [0.1, 0.15) is 23.6 Å². The fourth-order valence-electron chi connectivity index (χ4n) is 8.33. The molecule has 58 heavy (non-hydrogen) atoms. The third kappa shape index (κ3) is 8.22. The van der Waals surface area contributed by atoms with Crippen LogP contribution in [0.4, 0.5) is 5.69 Å². The predicted molar refractivity (Wildman–Crippen MR) is 214 cm³/mol. The number of fused-ring (bicyclic) bond motifs is 2. The molecule has 1 unspecified atom stereocenters. The Kier molecular flexibility index (Phi) is 11.3. The molecule has 0 bridgehead atoms. The highest BCUT2D eigenvalue weighted by Crippen LogP contribution is 2.33. The number of benzene rings is 3. The Morgan fingerprint density at radius 2 is 1.66 bits per heavy atom. The number of rotatable bonds is 12. The van der Waals surface area contributed by atoms with Crippen molar-refractivity contribution in [2.75, 3.05) is 44.2 Å². The van der Waals surface area contributed by atoms with Crippen LogP contribution in [0.1, 0.15) is 88.0 Å². The number of carbonyl (C=O) groups excluding carboxylic acids is 5. The molecule has 4 heterocycles. The highest BCUT2D eigenvalue weighted by Gasteiger charge is 2.44. The van der Waals surface area contributed by atoms with E-state index >= 15 is 0 Å². The Hall–Kier alpha value is -6.33. The molecule has 0 spiro atoms. The number of amides is 5. The smallest absolute Gasteiger partial charge is 0.262 e. The number of hydrogen-bond acceptors (Lipinski definition) is 11. The fourth-order valence-corrected chi connectivity index (χ4v) is 8.33. The highest BCUT2D eigenvalue weighted by atomic mass is 16.5. The summed E-state index contributed by atoms with van der Waals surface area (Å²) in [4.78, 5) is 73.3. The van der Waals surface area contributed by atoms with Crippen LogP contribution < -0.4 is 25.0 Å². The largest absolute Gasteiger partial charge is 0.494 e. The minimum atomic E-state index is -0.977. The van der Waals surface area contributed by atoms with Crippen molar-refractivity contribution in [1.29, 1.82) is 5.26 Å². The molecule has 4 aromatic rings. The lowest BCUT2D eigenvalue weighted by molar-refractivity contribution is -0.136. The SMILES string of the molecule is N#Cc1ccc(O[C@H]2CC[C@H](NC(=O)c3ccc(OCCCCN4CCN(c5ccc6c(c5)C(=O)N(C5CCC(=O)NC5=O)C6=O)CC4)cc3)CC2)c2cccnc12. The molecule has 3 fully saturated rings. The van der Waals surface area contributed by atoms with E-state index in [1.54, 1.807) is 36.5 Å². The average Bonchev–Trinajstić information content (AvgIpc) is 3.49. The van der Waals surface area contributed by atoms with Crippen molar-refractivity contribution in [3.63, 3.8) is 0 Å². The summed E-state index contributed by atoms with van der Waals surface area (Å²) in [6.45, 7) is 4.79. The summed E-state index contributed by atoms with van der Waals surface area (Å²) in [6.07, 6.45) is 7.04. The summed E-state index contributed by atoms with van der Waals surface area (Å²) in [5, 5.41) is 15.7. The topological polar surface area (TPSA) is 174 Å². The molecule has 1 aliphatic carbocycles. The molecule has 1 atom stereocenters. The average molecular weight is 784 g/mol. The second-order valence-corrected chi connectivity index (χ2v) is 15.3. The first-order valence-electron chi connectivity index (χ1n) is 20.1. The first-order valence-corrected chi connectivity index (χ1v) is 20.1. The molecule has 4 aliphatic rings. The van der Waals surface area contributed by atoms with Crippen molar-refractivity contribution in [2.45, 2.75) is 69.6 Å². The van der Waals surface area contributed by atoms with E-state index in [-0.39, 0.29) is 36.5 Å². The number of nitrogens with zero attached hydrogens (tertiary/aromatic N) is 5. The summed E-state index contributed by atoms with van der Waals surface area (Å²) < 4.78 is 12.3. The molecule has 5 amide bonds. The van der Waals surface area contributed by atoms with E-state index in [4.69, 9.17) is 9.47 Å². The third-order valence-electron chi connectivity index (χ3n) is 11.6. The predicted octanol–water partition coefficient (Wildman–Crippen LogP) is 4.61. The van der Waals surface area contributed by atoms with E-state index < -0.39 is 29.7 Å². The normalized spacial score (nSPS) is 21.1. The Morgan fingerprint density at radius 3 is 2.41 bits per heavy atom. The van der Waals surface area contributed by atoms with Crippen molar-refractivity contribution < 1.29 is 33.4 Å². The number of imide groups is 2. The van der Waals surface area contributed by atoms with Crippen molar-refractivity contribution in [3.05, 3.63) is 95.2 Å². The van der Waals surface area contributed by atoms with Crippen LogP contribution in [-0.4, -0.2) is 102 Å². The maximum atomic E-state index is 13.3. The first kappa shape index (κ1) is 38.5. The number of unbranched alkanes of at least 4 members (excludes halogenated alkanes) is 1. The number of carbonyl (C=O) groups is 5. The van der Waals surface area contributed by atoms with Gasteiger partial charge in [-0.15, -0.1) is 0 Å². The van der Waals surface area contributed by atoms with Crippen LogP contribution in [0, 0.1) is 11.3 Å². The van der Waals surface area contributed by atoms with Gasteiger partial charge in [-0.3, -0.25) is 44.1 Å². The van der Waals surface area contributed by atoms with Crippen molar-refractivity contribution in [1.82, 2.24) is 25.4 Å². The molecule has 3 aromatic carbocycles. The Balaban J connectivity index is 0.720. The third-order valence-corrected chi connectivity index (χ3v) is 11.6. The Labute approximate surface area is 336 Å². The van der Waals surface area contributed by atoms with Crippen LogP contribution in [0.2, 0.25) is 0 Å². The van der Waals surface area contributed by atoms with E-state index in [0.717, 1.165) is 98.7 Å². The summed E-state index contributed by atoms with van der Waals surface area (Å²) in [6, 6.07) is 21.2. The van der Waals surface area contributed by atoms with E-state index in [0.29, 0.717) is 28.8 Å².